The Bertz CT molecular complexity index is 578. The van der Waals surface area contributed by atoms with Gasteiger partial charge in [-0.25, -0.2) is 4.39 Å². The summed E-state index contributed by atoms with van der Waals surface area (Å²) >= 11 is 1.55. The number of hydrogen-bond donors (Lipinski definition) is 2. The molecule has 1 saturated carbocycles. The van der Waals surface area contributed by atoms with Gasteiger partial charge in [0.05, 0.1) is 0 Å². The van der Waals surface area contributed by atoms with Crippen molar-refractivity contribution in [2.24, 2.45) is 5.41 Å². The van der Waals surface area contributed by atoms with E-state index in [-0.39, 0.29) is 17.8 Å². The Morgan fingerprint density at radius 2 is 2.15 bits per heavy atom. The van der Waals surface area contributed by atoms with Crippen LogP contribution in [0.25, 0.3) is 10.4 Å². The maximum atomic E-state index is 13.9. The summed E-state index contributed by atoms with van der Waals surface area (Å²) in [7, 11) is 0. The van der Waals surface area contributed by atoms with Crippen molar-refractivity contribution in [2.75, 3.05) is 13.2 Å². The quantitative estimate of drug-likeness (QED) is 0.855. The normalized spacial score (nSPS) is 16.3. The van der Waals surface area contributed by atoms with Gasteiger partial charge in [0.25, 0.3) is 0 Å². The molecule has 0 aliphatic heterocycles. The molecule has 0 radical (unpaired) electrons. The lowest BCUT2D eigenvalue weighted by molar-refractivity contribution is 0.207. The molecule has 1 aliphatic carbocycles. The number of aliphatic hydroxyl groups is 1. The Morgan fingerprint density at radius 3 is 2.80 bits per heavy atom. The highest BCUT2D eigenvalue weighted by atomic mass is 32.1. The molecule has 0 unspecified atom stereocenters. The lowest BCUT2D eigenvalue weighted by Crippen LogP contribution is -2.26. The van der Waals surface area contributed by atoms with Crippen molar-refractivity contribution in [1.82, 2.24) is 5.32 Å². The minimum atomic E-state index is -0.176. The predicted molar refractivity (Wildman–Crippen MR) is 80.2 cm³/mol. The average Bonchev–Trinajstić information content (AvgIpc) is 3.03. The van der Waals surface area contributed by atoms with Crippen LogP contribution in [0, 0.1) is 11.2 Å². The molecule has 106 valence electrons. The molecule has 1 heterocycles. The Balaban J connectivity index is 1.67. The van der Waals surface area contributed by atoms with Gasteiger partial charge in [0, 0.05) is 35.6 Å². The second-order valence-electron chi connectivity index (χ2n) is 5.55. The zero-order valence-corrected chi connectivity index (χ0v) is 12.0. The Labute approximate surface area is 122 Å². The van der Waals surface area contributed by atoms with E-state index in [1.165, 1.54) is 6.07 Å². The lowest BCUT2D eigenvalue weighted by atomic mass is 10.1. The van der Waals surface area contributed by atoms with Gasteiger partial charge < -0.3 is 10.4 Å². The summed E-state index contributed by atoms with van der Waals surface area (Å²) in [6, 6.07) is 9.13. The summed E-state index contributed by atoms with van der Waals surface area (Å²) in [6.45, 7) is 1.79. The first kappa shape index (κ1) is 13.7. The van der Waals surface area contributed by atoms with Gasteiger partial charge in [-0.1, -0.05) is 12.1 Å². The van der Waals surface area contributed by atoms with Crippen molar-refractivity contribution < 1.29 is 9.50 Å². The van der Waals surface area contributed by atoms with Crippen LogP contribution in [0.3, 0.4) is 0 Å². The number of hydrogen-bond acceptors (Lipinski definition) is 3. The molecule has 2 nitrogen and oxygen atoms in total. The maximum absolute atomic E-state index is 13.9. The number of benzene rings is 1. The van der Waals surface area contributed by atoms with E-state index in [0.717, 1.165) is 29.8 Å². The summed E-state index contributed by atoms with van der Waals surface area (Å²) < 4.78 is 13.9. The molecular weight excluding hydrogens is 273 g/mol. The predicted octanol–water partition coefficient (Wildman–Crippen LogP) is 3.42. The maximum Gasteiger partial charge on any atom is 0.131 e. The molecule has 0 saturated heterocycles. The first-order valence-corrected chi connectivity index (χ1v) is 7.74. The Morgan fingerprint density at radius 1 is 1.30 bits per heavy atom. The van der Waals surface area contributed by atoms with E-state index in [2.05, 4.69) is 5.32 Å². The van der Waals surface area contributed by atoms with Crippen molar-refractivity contribution in [2.45, 2.75) is 19.4 Å². The molecule has 20 heavy (non-hydrogen) atoms. The van der Waals surface area contributed by atoms with Crippen molar-refractivity contribution >= 4 is 11.3 Å². The van der Waals surface area contributed by atoms with E-state index in [9.17, 15) is 9.50 Å². The van der Waals surface area contributed by atoms with Crippen LogP contribution in [0.4, 0.5) is 4.39 Å². The fourth-order valence-electron chi connectivity index (χ4n) is 2.34. The van der Waals surface area contributed by atoms with Gasteiger partial charge in [-0.05, 0) is 42.0 Å². The zero-order chi connectivity index (χ0) is 14.0. The molecule has 1 fully saturated rings. The first-order valence-electron chi connectivity index (χ1n) is 6.86. The largest absolute Gasteiger partial charge is 0.396 e. The van der Waals surface area contributed by atoms with Gasteiger partial charge in [0.15, 0.2) is 0 Å². The summed E-state index contributed by atoms with van der Waals surface area (Å²) in [5.74, 6) is -0.176. The van der Waals surface area contributed by atoms with Crippen LogP contribution in [0.15, 0.2) is 35.7 Å². The number of halogens is 1. The number of thiophene rings is 1. The molecule has 2 N–H and O–H groups in total. The van der Waals surface area contributed by atoms with Crippen LogP contribution in [0.1, 0.15) is 18.4 Å². The molecule has 1 aromatic heterocycles. The van der Waals surface area contributed by atoms with Crippen LogP contribution >= 0.6 is 11.3 Å². The first-order chi connectivity index (χ1) is 9.72. The second kappa shape index (κ2) is 5.64. The fraction of sp³-hybridized carbons (Fsp3) is 0.375. The number of nitrogens with one attached hydrogen (secondary N) is 1. The highest BCUT2D eigenvalue weighted by Gasteiger charge is 2.41. The average molecular weight is 291 g/mol. The van der Waals surface area contributed by atoms with Crippen molar-refractivity contribution in [3.63, 3.8) is 0 Å². The molecule has 1 aliphatic rings. The van der Waals surface area contributed by atoms with E-state index < -0.39 is 0 Å². The SMILES string of the molecule is OCC1(CNCc2ccc(F)c(-c3cccs3)c2)CC1. The van der Waals surface area contributed by atoms with Gasteiger partial charge in [-0.15, -0.1) is 11.3 Å². The minimum absolute atomic E-state index is 0.108. The van der Waals surface area contributed by atoms with Gasteiger partial charge >= 0.3 is 0 Å². The van der Waals surface area contributed by atoms with E-state index in [1.807, 2.05) is 29.6 Å². The van der Waals surface area contributed by atoms with E-state index >= 15 is 0 Å². The van der Waals surface area contributed by atoms with Gasteiger partial charge in [0.1, 0.15) is 5.82 Å². The Hall–Kier alpha value is -1.23. The van der Waals surface area contributed by atoms with E-state index in [4.69, 9.17) is 0 Å². The topological polar surface area (TPSA) is 32.3 Å². The van der Waals surface area contributed by atoms with Gasteiger partial charge in [-0.3, -0.25) is 0 Å². The highest BCUT2D eigenvalue weighted by Crippen LogP contribution is 2.44. The number of aliphatic hydroxyl groups excluding tert-OH is 1. The monoisotopic (exact) mass is 291 g/mol. The highest BCUT2D eigenvalue weighted by molar-refractivity contribution is 7.13. The van der Waals surface area contributed by atoms with Gasteiger partial charge in [0.2, 0.25) is 0 Å². The third-order valence-electron chi connectivity index (χ3n) is 3.94. The van der Waals surface area contributed by atoms with Crippen LogP contribution in [0.5, 0.6) is 0 Å². The summed E-state index contributed by atoms with van der Waals surface area (Å²) in [5, 5.41) is 14.6. The standard InChI is InChI=1S/C16H18FNOS/c17-14-4-3-12(8-13(14)15-2-1-7-20-15)9-18-10-16(11-19)5-6-16/h1-4,7-8,18-19H,5-6,9-11H2. The zero-order valence-electron chi connectivity index (χ0n) is 11.2. The molecular formula is C16H18FNOS. The molecule has 3 rings (SSSR count). The fourth-order valence-corrected chi connectivity index (χ4v) is 3.09. The smallest absolute Gasteiger partial charge is 0.131 e. The second-order valence-corrected chi connectivity index (χ2v) is 6.50. The summed E-state index contributed by atoms with van der Waals surface area (Å²) in [4.78, 5) is 0.957. The van der Waals surface area contributed by atoms with Crippen LogP contribution in [-0.2, 0) is 6.54 Å². The molecule has 0 atom stereocenters. The van der Waals surface area contributed by atoms with Crippen molar-refractivity contribution in [3.8, 4) is 10.4 Å². The van der Waals surface area contributed by atoms with Crippen molar-refractivity contribution in [3.05, 3.63) is 47.1 Å². The third-order valence-corrected chi connectivity index (χ3v) is 4.84. The van der Waals surface area contributed by atoms with Crippen LogP contribution in [0.2, 0.25) is 0 Å². The minimum Gasteiger partial charge on any atom is -0.396 e. The lowest BCUT2D eigenvalue weighted by Gasteiger charge is -2.13. The summed E-state index contributed by atoms with van der Waals surface area (Å²) in [5.41, 5.74) is 1.85. The van der Waals surface area contributed by atoms with Crippen molar-refractivity contribution in [1.29, 1.82) is 0 Å². The van der Waals surface area contributed by atoms with Crippen LogP contribution in [-0.4, -0.2) is 18.3 Å². The van der Waals surface area contributed by atoms with Crippen LogP contribution < -0.4 is 5.32 Å². The third kappa shape index (κ3) is 2.92. The summed E-state index contributed by atoms with van der Waals surface area (Å²) in [6.07, 6.45) is 2.20. The molecule has 4 heteroatoms. The molecule has 0 amide bonds. The molecule has 1 aromatic carbocycles. The molecule has 0 spiro atoms. The van der Waals surface area contributed by atoms with Gasteiger partial charge in [-0.2, -0.15) is 0 Å². The molecule has 2 aromatic rings. The molecule has 0 bridgehead atoms. The van der Waals surface area contributed by atoms with E-state index in [1.54, 1.807) is 11.3 Å². The number of rotatable bonds is 6. The Kier molecular flexibility index (Phi) is 3.87. The van der Waals surface area contributed by atoms with E-state index in [0.29, 0.717) is 12.1 Å².